The molecular formula is C12H19NO2. The molecule has 0 aromatic carbocycles. The van der Waals surface area contributed by atoms with Gasteiger partial charge in [-0.25, -0.2) is 0 Å². The monoisotopic (exact) mass is 209 g/mol. The van der Waals surface area contributed by atoms with Gasteiger partial charge in [0.15, 0.2) is 0 Å². The topological polar surface area (TPSA) is 37.4 Å². The molecule has 0 spiro atoms. The summed E-state index contributed by atoms with van der Waals surface area (Å²) >= 11 is 0. The molecule has 0 bridgehead atoms. The minimum Gasteiger partial charge on any atom is -0.333 e. The van der Waals surface area contributed by atoms with Gasteiger partial charge in [-0.15, -0.1) is 0 Å². The summed E-state index contributed by atoms with van der Waals surface area (Å²) < 4.78 is 0. The molecule has 0 aromatic heterocycles. The van der Waals surface area contributed by atoms with E-state index in [1.165, 1.54) is 12.8 Å². The molecule has 1 aliphatic carbocycles. The van der Waals surface area contributed by atoms with Crippen LogP contribution in [-0.2, 0) is 9.59 Å². The van der Waals surface area contributed by atoms with E-state index in [0.717, 1.165) is 12.8 Å². The van der Waals surface area contributed by atoms with Gasteiger partial charge in [-0.05, 0) is 24.7 Å². The molecular weight excluding hydrogens is 190 g/mol. The Morgan fingerprint density at radius 3 is 2.60 bits per heavy atom. The Kier molecular flexibility index (Phi) is 2.57. The van der Waals surface area contributed by atoms with Gasteiger partial charge in [0.05, 0.1) is 0 Å². The quantitative estimate of drug-likeness (QED) is 0.617. The molecule has 1 saturated heterocycles. The normalized spacial score (nSPS) is 31.1. The van der Waals surface area contributed by atoms with Gasteiger partial charge in [0.2, 0.25) is 5.78 Å². The van der Waals surface area contributed by atoms with E-state index < -0.39 is 0 Å². The predicted molar refractivity (Wildman–Crippen MR) is 57.4 cm³/mol. The lowest BCUT2D eigenvalue weighted by Crippen LogP contribution is -2.42. The lowest BCUT2D eigenvalue weighted by Gasteiger charge is -2.39. The third-order valence-electron chi connectivity index (χ3n) is 3.70. The van der Waals surface area contributed by atoms with E-state index >= 15 is 0 Å². The zero-order valence-corrected chi connectivity index (χ0v) is 9.58. The second-order valence-electron chi connectivity index (χ2n) is 5.59. The van der Waals surface area contributed by atoms with E-state index in [1.807, 2.05) is 4.90 Å². The summed E-state index contributed by atoms with van der Waals surface area (Å²) in [6.07, 6.45) is 4.96. The number of likely N-dealkylation sites (tertiary alicyclic amines) is 1. The highest BCUT2D eigenvalue weighted by atomic mass is 16.2. The fourth-order valence-corrected chi connectivity index (χ4v) is 2.86. The van der Waals surface area contributed by atoms with Crippen molar-refractivity contribution in [1.29, 1.82) is 0 Å². The first kappa shape index (κ1) is 10.7. The highest BCUT2D eigenvalue weighted by Crippen LogP contribution is 2.38. The Hall–Kier alpha value is -0.860. The first-order chi connectivity index (χ1) is 6.99. The molecule has 1 atom stereocenters. The van der Waals surface area contributed by atoms with Crippen LogP contribution >= 0.6 is 0 Å². The fraction of sp³-hybridized carbons (Fsp3) is 0.833. The van der Waals surface area contributed by atoms with Crippen molar-refractivity contribution in [3.8, 4) is 0 Å². The number of amides is 1. The van der Waals surface area contributed by atoms with Crippen molar-refractivity contribution in [3.05, 3.63) is 0 Å². The molecule has 1 amide bonds. The lowest BCUT2D eigenvalue weighted by molar-refractivity contribution is -0.141. The molecule has 2 rings (SSSR count). The van der Waals surface area contributed by atoms with Crippen LogP contribution in [0.3, 0.4) is 0 Å². The first-order valence-corrected chi connectivity index (χ1v) is 5.83. The fourth-order valence-electron chi connectivity index (χ4n) is 2.86. The van der Waals surface area contributed by atoms with E-state index in [4.69, 9.17) is 0 Å². The smallest absolute Gasteiger partial charge is 0.290 e. The molecule has 1 saturated carbocycles. The van der Waals surface area contributed by atoms with Crippen LogP contribution in [0.4, 0.5) is 0 Å². The van der Waals surface area contributed by atoms with Crippen LogP contribution in [0.5, 0.6) is 0 Å². The Morgan fingerprint density at radius 1 is 1.33 bits per heavy atom. The van der Waals surface area contributed by atoms with Gasteiger partial charge >= 0.3 is 0 Å². The summed E-state index contributed by atoms with van der Waals surface area (Å²) in [7, 11) is 0. The van der Waals surface area contributed by atoms with Gasteiger partial charge in [0, 0.05) is 19.0 Å². The Labute approximate surface area is 90.8 Å². The molecule has 0 radical (unpaired) electrons. The number of hydrogen-bond donors (Lipinski definition) is 0. The SMILES string of the molecule is CC1(C)CCCC(N2CCC(=O)C2=O)C1. The molecule has 2 fully saturated rings. The lowest BCUT2D eigenvalue weighted by atomic mass is 9.75. The minimum absolute atomic E-state index is 0.196. The summed E-state index contributed by atoms with van der Waals surface area (Å²) in [5.74, 6) is -0.434. The zero-order chi connectivity index (χ0) is 11.1. The van der Waals surface area contributed by atoms with Gasteiger partial charge in [-0.1, -0.05) is 20.3 Å². The summed E-state index contributed by atoms with van der Waals surface area (Å²) in [6.45, 7) is 5.15. The highest BCUT2D eigenvalue weighted by molar-refractivity contribution is 6.37. The van der Waals surface area contributed by atoms with Gasteiger partial charge in [0.25, 0.3) is 5.91 Å². The van der Waals surface area contributed by atoms with E-state index in [2.05, 4.69) is 13.8 Å². The second kappa shape index (κ2) is 3.62. The molecule has 2 aliphatic rings. The van der Waals surface area contributed by atoms with Crippen molar-refractivity contribution in [3.63, 3.8) is 0 Å². The first-order valence-electron chi connectivity index (χ1n) is 5.83. The van der Waals surface area contributed by atoms with Crippen LogP contribution in [-0.4, -0.2) is 29.2 Å². The average Bonchev–Trinajstić information content (AvgIpc) is 2.46. The molecule has 15 heavy (non-hydrogen) atoms. The number of carbonyl (C=O) groups excluding carboxylic acids is 2. The van der Waals surface area contributed by atoms with E-state index in [-0.39, 0.29) is 11.7 Å². The number of carbonyl (C=O) groups is 2. The van der Waals surface area contributed by atoms with Crippen molar-refractivity contribution in [2.45, 2.75) is 52.0 Å². The molecule has 3 heteroatoms. The van der Waals surface area contributed by atoms with Crippen molar-refractivity contribution in [2.24, 2.45) is 5.41 Å². The Morgan fingerprint density at radius 2 is 2.07 bits per heavy atom. The van der Waals surface area contributed by atoms with Gasteiger partial charge in [-0.3, -0.25) is 9.59 Å². The van der Waals surface area contributed by atoms with Crippen molar-refractivity contribution >= 4 is 11.7 Å². The van der Waals surface area contributed by atoms with Crippen LogP contribution in [0.1, 0.15) is 46.0 Å². The van der Waals surface area contributed by atoms with Crippen molar-refractivity contribution in [2.75, 3.05) is 6.54 Å². The predicted octanol–water partition coefficient (Wildman–Crippen LogP) is 1.76. The zero-order valence-electron chi connectivity index (χ0n) is 9.58. The largest absolute Gasteiger partial charge is 0.333 e. The maximum atomic E-state index is 11.6. The van der Waals surface area contributed by atoms with E-state index in [9.17, 15) is 9.59 Å². The summed E-state index contributed by atoms with van der Waals surface area (Å²) in [5.41, 5.74) is 0.328. The molecule has 3 nitrogen and oxygen atoms in total. The van der Waals surface area contributed by atoms with Crippen LogP contribution in [0.25, 0.3) is 0 Å². The number of Topliss-reactive ketones (excluding diaryl/α,β-unsaturated/α-hetero) is 1. The second-order valence-corrected chi connectivity index (χ2v) is 5.59. The third kappa shape index (κ3) is 2.06. The maximum absolute atomic E-state index is 11.6. The average molecular weight is 209 g/mol. The molecule has 0 N–H and O–H groups in total. The maximum Gasteiger partial charge on any atom is 0.290 e. The molecule has 0 aromatic rings. The van der Waals surface area contributed by atoms with Crippen LogP contribution < -0.4 is 0 Å². The third-order valence-corrected chi connectivity index (χ3v) is 3.70. The van der Waals surface area contributed by atoms with Crippen molar-refractivity contribution in [1.82, 2.24) is 4.90 Å². The molecule has 84 valence electrons. The summed E-state index contributed by atoms with van der Waals surface area (Å²) in [5, 5.41) is 0. The number of nitrogens with zero attached hydrogens (tertiary/aromatic N) is 1. The number of hydrogen-bond acceptors (Lipinski definition) is 2. The van der Waals surface area contributed by atoms with Crippen LogP contribution in [0.15, 0.2) is 0 Å². The highest BCUT2D eigenvalue weighted by Gasteiger charge is 2.38. The summed E-state index contributed by atoms with van der Waals surface area (Å²) in [4.78, 5) is 24.6. The standard InChI is InChI=1S/C12H19NO2/c1-12(2)6-3-4-9(8-12)13-7-5-10(14)11(13)15/h9H,3-8H2,1-2H3. The molecule has 1 aliphatic heterocycles. The van der Waals surface area contributed by atoms with Gasteiger partial charge < -0.3 is 4.90 Å². The van der Waals surface area contributed by atoms with Crippen LogP contribution in [0.2, 0.25) is 0 Å². The van der Waals surface area contributed by atoms with Gasteiger partial charge in [-0.2, -0.15) is 0 Å². The molecule has 1 heterocycles. The van der Waals surface area contributed by atoms with Crippen LogP contribution in [0, 0.1) is 5.41 Å². The number of rotatable bonds is 1. The molecule has 1 unspecified atom stereocenters. The number of ketones is 1. The van der Waals surface area contributed by atoms with E-state index in [1.54, 1.807) is 0 Å². The van der Waals surface area contributed by atoms with Gasteiger partial charge in [0.1, 0.15) is 0 Å². The Balaban J connectivity index is 2.05. The minimum atomic E-state index is -0.238. The Bertz CT molecular complexity index is 296. The van der Waals surface area contributed by atoms with E-state index in [0.29, 0.717) is 24.4 Å². The van der Waals surface area contributed by atoms with Crippen molar-refractivity contribution < 1.29 is 9.59 Å². The summed E-state index contributed by atoms with van der Waals surface area (Å²) in [6, 6.07) is 0.313.